The normalized spacial score (nSPS) is 11.4. The molecule has 0 spiro atoms. The van der Waals surface area contributed by atoms with Crippen LogP contribution in [0, 0.1) is 0 Å². The second kappa shape index (κ2) is 5.09. The van der Waals surface area contributed by atoms with Gasteiger partial charge in [0.25, 0.3) is 10.1 Å². The standard InChI is InChI=1S/C14H10O3S.Mg.2H/c15-18(16,17)14-7-3-6-12-11-5-2-1-4-10(11)8-9-13(12)14;;;/h1-9H,(H,15,16,17);;;. The molecule has 0 radical (unpaired) electrons. The van der Waals surface area contributed by atoms with E-state index in [-0.39, 0.29) is 27.9 Å². The number of benzene rings is 3. The van der Waals surface area contributed by atoms with Crippen LogP contribution in [0.2, 0.25) is 0 Å². The highest BCUT2D eigenvalue weighted by molar-refractivity contribution is 7.86. The summed E-state index contributed by atoms with van der Waals surface area (Å²) in [5, 5.41) is 3.37. The fourth-order valence-corrected chi connectivity index (χ4v) is 2.94. The molecule has 0 aliphatic carbocycles. The highest BCUT2D eigenvalue weighted by atomic mass is 32.2. The summed E-state index contributed by atoms with van der Waals surface area (Å²) < 4.78 is 31.9. The zero-order valence-corrected chi connectivity index (χ0v) is 10.2. The smallest absolute Gasteiger partial charge is 0.282 e. The Balaban J connectivity index is 0.00000133. The lowest BCUT2D eigenvalue weighted by molar-refractivity contribution is 0.484. The molecule has 0 unspecified atom stereocenters. The summed E-state index contributed by atoms with van der Waals surface area (Å²) in [5.41, 5.74) is 0. The van der Waals surface area contributed by atoms with Crippen LogP contribution < -0.4 is 0 Å². The summed E-state index contributed by atoms with van der Waals surface area (Å²) in [6, 6.07) is 16.2. The Hall–Kier alpha value is -1.14. The summed E-state index contributed by atoms with van der Waals surface area (Å²) in [5.74, 6) is 0. The summed E-state index contributed by atoms with van der Waals surface area (Å²) in [6.45, 7) is 0. The zero-order valence-electron chi connectivity index (χ0n) is 9.37. The van der Waals surface area contributed by atoms with Gasteiger partial charge in [0.1, 0.15) is 4.90 Å². The minimum absolute atomic E-state index is 0. The Labute approximate surface area is 127 Å². The van der Waals surface area contributed by atoms with Gasteiger partial charge in [0, 0.05) is 5.39 Å². The lowest BCUT2D eigenvalue weighted by atomic mass is 10.0. The first-order valence-corrected chi connectivity index (χ1v) is 6.89. The van der Waals surface area contributed by atoms with Gasteiger partial charge in [-0.25, -0.2) is 0 Å². The van der Waals surface area contributed by atoms with E-state index in [9.17, 15) is 13.0 Å². The van der Waals surface area contributed by atoms with E-state index in [0.717, 1.165) is 16.2 Å². The molecule has 94 valence electrons. The summed E-state index contributed by atoms with van der Waals surface area (Å²) in [6.07, 6.45) is 0. The molecule has 0 atom stereocenters. The highest BCUT2D eigenvalue weighted by Crippen LogP contribution is 2.29. The van der Waals surface area contributed by atoms with E-state index in [0.29, 0.717) is 5.39 Å². The third-order valence-corrected chi connectivity index (χ3v) is 3.94. The fourth-order valence-electron chi connectivity index (χ4n) is 2.24. The van der Waals surface area contributed by atoms with Gasteiger partial charge in [-0.05, 0) is 22.2 Å². The highest BCUT2D eigenvalue weighted by Gasteiger charge is 2.14. The van der Waals surface area contributed by atoms with Crippen LogP contribution in [-0.2, 0) is 10.1 Å². The third-order valence-electron chi connectivity index (χ3n) is 3.02. The van der Waals surface area contributed by atoms with Crippen molar-refractivity contribution >= 4 is 54.7 Å². The predicted octanol–water partition coefficient (Wildman–Crippen LogP) is 2.32. The third kappa shape index (κ3) is 2.46. The van der Waals surface area contributed by atoms with Gasteiger partial charge in [0.15, 0.2) is 0 Å². The minimum atomic E-state index is -4.20. The number of hydrogen-bond acceptors (Lipinski definition) is 2. The molecule has 19 heavy (non-hydrogen) atoms. The lowest BCUT2D eigenvalue weighted by Crippen LogP contribution is -1.98. The van der Waals surface area contributed by atoms with Crippen molar-refractivity contribution in [2.45, 2.75) is 4.90 Å². The minimum Gasteiger partial charge on any atom is -0.282 e. The molecule has 0 saturated heterocycles. The molecular formula is C14H12MgO3S. The largest absolute Gasteiger partial charge is 0.316 e. The first-order chi connectivity index (χ1) is 8.57. The molecule has 3 rings (SSSR count). The Morgan fingerprint density at radius 1 is 0.737 bits per heavy atom. The van der Waals surface area contributed by atoms with Gasteiger partial charge >= 0.3 is 23.1 Å². The Bertz CT molecular complexity index is 857. The van der Waals surface area contributed by atoms with Gasteiger partial charge in [-0.15, -0.1) is 0 Å². The van der Waals surface area contributed by atoms with E-state index in [1.54, 1.807) is 12.1 Å². The monoisotopic (exact) mass is 284 g/mol. The first-order valence-electron chi connectivity index (χ1n) is 5.45. The van der Waals surface area contributed by atoms with E-state index in [2.05, 4.69) is 0 Å². The molecule has 1 N–H and O–H groups in total. The van der Waals surface area contributed by atoms with Crippen LogP contribution in [-0.4, -0.2) is 36.0 Å². The molecule has 3 aromatic rings. The van der Waals surface area contributed by atoms with Gasteiger partial charge in [0.05, 0.1) is 0 Å². The van der Waals surface area contributed by atoms with Crippen molar-refractivity contribution in [1.82, 2.24) is 0 Å². The summed E-state index contributed by atoms with van der Waals surface area (Å²) >= 11 is 0. The van der Waals surface area contributed by atoms with Crippen LogP contribution in [0.15, 0.2) is 59.5 Å². The molecule has 0 aliphatic rings. The van der Waals surface area contributed by atoms with Crippen molar-refractivity contribution < 1.29 is 13.0 Å². The molecule has 0 bridgehead atoms. The second-order valence-electron chi connectivity index (χ2n) is 4.11. The van der Waals surface area contributed by atoms with Crippen LogP contribution in [0.4, 0.5) is 0 Å². The van der Waals surface area contributed by atoms with Gasteiger partial charge in [0.2, 0.25) is 0 Å². The maximum atomic E-state index is 11.3. The van der Waals surface area contributed by atoms with E-state index < -0.39 is 10.1 Å². The quantitative estimate of drug-likeness (QED) is 0.424. The Kier molecular flexibility index (Phi) is 3.82. The van der Waals surface area contributed by atoms with Crippen molar-refractivity contribution in [3.05, 3.63) is 54.6 Å². The molecule has 0 fully saturated rings. The molecule has 0 saturated carbocycles. The van der Waals surface area contributed by atoms with E-state index in [4.69, 9.17) is 0 Å². The van der Waals surface area contributed by atoms with Gasteiger partial charge < -0.3 is 0 Å². The molecule has 0 heterocycles. The molecule has 0 amide bonds. The van der Waals surface area contributed by atoms with Crippen LogP contribution in [0.5, 0.6) is 0 Å². The average molecular weight is 285 g/mol. The average Bonchev–Trinajstić information content (AvgIpc) is 2.36. The number of hydrogen-bond donors (Lipinski definition) is 1. The second-order valence-corrected chi connectivity index (χ2v) is 5.50. The molecule has 5 heteroatoms. The van der Waals surface area contributed by atoms with Crippen molar-refractivity contribution in [3.8, 4) is 0 Å². The van der Waals surface area contributed by atoms with E-state index in [1.165, 1.54) is 6.07 Å². The number of rotatable bonds is 1. The maximum Gasteiger partial charge on any atom is 0.316 e. The molecule has 0 aliphatic heterocycles. The van der Waals surface area contributed by atoms with Crippen LogP contribution >= 0.6 is 0 Å². The molecule has 3 nitrogen and oxygen atoms in total. The topological polar surface area (TPSA) is 54.4 Å². The van der Waals surface area contributed by atoms with Gasteiger partial charge in [-0.2, -0.15) is 8.42 Å². The SMILES string of the molecule is O=S(=O)(O)c1cccc2c1ccc1ccccc12.[MgH2]. The van der Waals surface area contributed by atoms with Crippen molar-refractivity contribution in [1.29, 1.82) is 0 Å². The van der Waals surface area contributed by atoms with E-state index in [1.807, 2.05) is 36.4 Å². The van der Waals surface area contributed by atoms with Crippen molar-refractivity contribution in [2.75, 3.05) is 0 Å². The first kappa shape index (κ1) is 14.3. The summed E-state index contributed by atoms with van der Waals surface area (Å²) in [7, 11) is -4.20. The fraction of sp³-hybridized carbons (Fsp3) is 0. The van der Waals surface area contributed by atoms with Gasteiger partial charge in [-0.3, -0.25) is 4.55 Å². The lowest BCUT2D eigenvalue weighted by Gasteiger charge is -2.06. The van der Waals surface area contributed by atoms with E-state index >= 15 is 0 Å². The van der Waals surface area contributed by atoms with Gasteiger partial charge in [-0.1, -0.05) is 48.5 Å². The molecular weight excluding hydrogens is 273 g/mol. The zero-order chi connectivity index (χ0) is 12.8. The number of fused-ring (bicyclic) bond motifs is 3. The Morgan fingerprint density at radius 3 is 2.16 bits per heavy atom. The Morgan fingerprint density at radius 2 is 1.42 bits per heavy atom. The van der Waals surface area contributed by atoms with Crippen molar-refractivity contribution in [3.63, 3.8) is 0 Å². The predicted molar refractivity (Wildman–Crippen MR) is 79.8 cm³/mol. The van der Waals surface area contributed by atoms with Crippen LogP contribution in [0.1, 0.15) is 0 Å². The van der Waals surface area contributed by atoms with Crippen LogP contribution in [0.25, 0.3) is 21.5 Å². The maximum absolute atomic E-state index is 11.3. The van der Waals surface area contributed by atoms with Crippen molar-refractivity contribution in [2.24, 2.45) is 0 Å². The van der Waals surface area contributed by atoms with Crippen LogP contribution in [0.3, 0.4) is 0 Å². The molecule has 3 aromatic carbocycles. The molecule has 0 aromatic heterocycles. The summed E-state index contributed by atoms with van der Waals surface area (Å²) in [4.78, 5) is -0.0502.